The van der Waals surface area contributed by atoms with Gasteiger partial charge in [0, 0.05) is 16.3 Å². The molecule has 0 atom stereocenters. The van der Waals surface area contributed by atoms with Gasteiger partial charge in [-0.3, -0.25) is 4.79 Å². The second-order valence-electron chi connectivity index (χ2n) is 4.35. The van der Waals surface area contributed by atoms with Crippen LogP contribution >= 0.6 is 22.9 Å². The molecule has 4 nitrogen and oxygen atoms in total. The van der Waals surface area contributed by atoms with Crippen molar-refractivity contribution in [3.05, 3.63) is 52.8 Å². The summed E-state index contributed by atoms with van der Waals surface area (Å²) in [6.07, 6.45) is 0. The zero-order valence-corrected chi connectivity index (χ0v) is 12.1. The maximum Gasteiger partial charge on any atom is 0.255 e. The molecular weight excluding hydrogens is 313 g/mol. The average molecular weight is 322 g/mol. The summed E-state index contributed by atoms with van der Waals surface area (Å²) in [5.41, 5.74) is 7.10. The van der Waals surface area contributed by atoms with Gasteiger partial charge in [0.25, 0.3) is 5.91 Å². The number of thiazole rings is 1. The van der Waals surface area contributed by atoms with Crippen molar-refractivity contribution in [2.24, 2.45) is 0 Å². The van der Waals surface area contributed by atoms with Crippen LogP contribution in [0.15, 0.2) is 36.4 Å². The summed E-state index contributed by atoms with van der Waals surface area (Å²) in [4.78, 5) is 16.3. The lowest BCUT2D eigenvalue weighted by molar-refractivity contribution is 0.102. The van der Waals surface area contributed by atoms with Crippen molar-refractivity contribution in [1.29, 1.82) is 0 Å². The fourth-order valence-corrected chi connectivity index (χ4v) is 2.91. The Kier molecular flexibility index (Phi) is 3.48. The van der Waals surface area contributed by atoms with Crippen molar-refractivity contribution in [3.8, 4) is 0 Å². The van der Waals surface area contributed by atoms with Gasteiger partial charge in [-0.1, -0.05) is 22.9 Å². The molecule has 3 aromatic rings. The van der Waals surface area contributed by atoms with Gasteiger partial charge in [-0.15, -0.1) is 0 Å². The van der Waals surface area contributed by atoms with Crippen LogP contribution in [-0.2, 0) is 0 Å². The third-order valence-corrected chi connectivity index (χ3v) is 3.85. The minimum Gasteiger partial charge on any atom is -0.375 e. The number of benzene rings is 2. The monoisotopic (exact) mass is 321 g/mol. The number of anilines is 2. The largest absolute Gasteiger partial charge is 0.375 e. The average Bonchev–Trinajstić information content (AvgIpc) is 2.76. The van der Waals surface area contributed by atoms with Gasteiger partial charge in [0.15, 0.2) is 5.13 Å². The molecule has 3 rings (SSSR count). The number of nitrogen functional groups attached to an aromatic ring is 1. The van der Waals surface area contributed by atoms with Crippen molar-refractivity contribution >= 4 is 49.9 Å². The van der Waals surface area contributed by atoms with Gasteiger partial charge in [0.1, 0.15) is 5.82 Å². The van der Waals surface area contributed by atoms with Crippen LogP contribution in [0.5, 0.6) is 0 Å². The van der Waals surface area contributed by atoms with Crippen LogP contribution < -0.4 is 11.1 Å². The number of halogens is 2. The SMILES string of the molecule is Nc1nc2ccc(C(=O)Nc3cc(F)cc(Cl)c3)cc2s1. The fraction of sp³-hybridized carbons (Fsp3) is 0. The number of nitrogens with one attached hydrogen (secondary N) is 1. The molecule has 0 radical (unpaired) electrons. The summed E-state index contributed by atoms with van der Waals surface area (Å²) >= 11 is 7.05. The Balaban J connectivity index is 1.89. The standard InChI is InChI=1S/C14H9ClFN3OS/c15-8-4-9(16)6-10(5-8)18-13(20)7-1-2-11-12(3-7)21-14(17)19-11/h1-6H,(H2,17,19)(H,18,20). The molecule has 1 amide bonds. The van der Waals surface area contributed by atoms with E-state index >= 15 is 0 Å². The minimum atomic E-state index is -0.511. The Bertz CT molecular complexity index is 829. The number of carbonyl (C=O) groups is 1. The van der Waals surface area contributed by atoms with Gasteiger partial charge in [-0.05, 0) is 36.4 Å². The normalized spacial score (nSPS) is 10.8. The van der Waals surface area contributed by atoms with Crippen LogP contribution in [0.1, 0.15) is 10.4 Å². The number of nitrogens with two attached hydrogens (primary N) is 1. The Labute approximate surface area is 128 Å². The highest BCUT2D eigenvalue weighted by molar-refractivity contribution is 7.22. The molecule has 0 aliphatic carbocycles. The third-order valence-electron chi connectivity index (χ3n) is 2.79. The maximum absolute atomic E-state index is 13.2. The van der Waals surface area contributed by atoms with E-state index in [1.165, 1.54) is 29.5 Å². The first-order valence-corrected chi connectivity index (χ1v) is 7.14. The predicted molar refractivity (Wildman–Crippen MR) is 83.4 cm³/mol. The van der Waals surface area contributed by atoms with E-state index in [9.17, 15) is 9.18 Å². The maximum atomic E-state index is 13.2. The van der Waals surface area contributed by atoms with Gasteiger partial charge in [-0.2, -0.15) is 0 Å². The quantitative estimate of drug-likeness (QED) is 0.751. The van der Waals surface area contributed by atoms with E-state index in [0.29, 0.717) is 16.4 Å². The van der Waals surface area contributed by atoms with E-state index in [1.807, 2.05) is 0 Å². The summed E-state index contributed by atoms with van der Waals surface area (Å²) in [7, 11) is 0. The van der Waals surface area contributed by atoms with E-state index in [2.05, 4.69) is 10.3 Å². The molecule has 21 heavy (non-hydrogen) atoms. The minimum absolute atomic E-state index is 0.219. The highest BCUT2D eigenvalue weighted by Gasteiger charge is 2.10. The fourth-order valence-electron chi connectivity index (χ4n) is 1.91. The summed E-state index contributed by atoms with van der Waals surface area (Å²) in [5.74, 6) is -0.867. The van der Waals surface area contributed by atoms with Crippen LogP contribution in [0.3, 0.4) is 0 Å². The lowest BCUT2D eigenvalue weighted by Crippen LogP contribution is -2.11. The summed E-state index contributed by atoms with van der Waals surface area (Å²) in [6.45, 7) is 0. The number of nitrogens with zero attached hydrogens (tertiary/aromatic N) is 1. The predicted octanol–water partition coefficient (Wildman–Crippen LogP) is 3.92. The van der Waals surface area contributed by atoms with Gasteiger partial charge >= 0.3 is 0 Å². The first-order chi connectivity index (χ1) is 10.0. The second-order valence-corrected chi connectivity index (χ2v) is 5.85. The number of hydrogen-bond donors (Lipinski definition) is 2. The van der Waals surface area contributed by atoms with E-state index in [-0.39, 0.29) is 10.9 Å². The van der Waals surface area contributed by atoms with Crippen molar-refractivity contribution < 1.29 is 9.18 Å². The lowest BCUT2D eigenvalue weighted by Gasteiger charge is -2.06. The third kappa shape index (κ3) is 2.96. The van der Waals surface area contributed by atoms with Gasteiger partial charge in [-0.25, -0.2) is 9.37 Å². The van der Waals surface area contributed by atoms with Crippen molar-refractivity contribution in [2.45, 2.75) is 0 Å². The summed E-state index contributed by atoms with van der Waals surface area (Å²) in [5, 5.41) is 3.26. The van der Waals surface area contributed by atoms with Crippen LogP contribution in [0, 0.1) is 5.82 Å². The van der Waals surface area contributed by atoms with E-state index in [4.69, 9.17) is 17.3 Å². The molecule has 0 spiro atoms. The zero-order valence-electron chi connectivity index (χ0n) is 10.6. The molecule has 0 fully saturated rings. The van der Waals surface area contributed by atoms with E-state index < -0.39 is 5.82 Å². The van der Waals surface area contributed by atoms with Gasteiger partial charge in [0.05, 0.1) is 10.2 Å². The highest BCUT2D eigenvalue weighted by Crippen LogP contribution is 2.25. The number of fused-ring (bicyclic) bond motifs is 1. The molecule has 0 unspecified atom stereocenters. The highest BCUT2D eigenvalue weighted by atomic mass is 35.5. The van der Waals surface area contributed by atoms with Crippen LogP contribution in [0.25, 0.3) is 10.2 Å². The second kappa shape index (κ2) is 5.31. The molecular formula is C14H9ClFN3OS. The number of rotatable bonds is 2. The number of aromatic nitrogens is 1. The molecule has 0 saturated heterocycles. The van der Waals surface area contributed by atoms with Crippen molar-refractivity contribution in [3.63, 3.8) is 0 Å². The Morgan fingerprint density at radius 3 is 2.86 bits per heavy atom. The molecule has 3 N–H and O–H groups in total. The first kappa shape index (κ1) is 13.8. The number of amides is 1. The first-order valence-electron chi connectivity index (χ1n) is 5.95. The molecule has 0 aliphatic rings. The van der Waals surface area contributed by atoms with Crippen molar-refractivity contribution in [1.82, 2.24) is 4.98 Å². The summed E-state index contributed by atoms with van der Waals surface area (Å²) in [6, 6.07) is 8.90. The smallest absolute Gasteiger partial charge is 0.255 e. The van der Waals surface area contributed by atoms with Gasteiger partial charge in [0.2, 0.25) is 0 Å². The molecule has 0 saturated carbocycles. The van der Waals surface area contributed by atoms with Crippen LogP contribution in [-0.4, -0.2) is 10.9 Å². The van der Waals surface area contributed by atoms with Gasteiger partial charge < -0.3 is 11.1 Å². The molecule has 1 heterocycles. The topological polar surface area (TPSA) is 68.0 Å². The number of hydrogen-bond acceptors (Lipinski definition) is 4. The molecule has 2 aromatic carbocycles. The Morgan fingerprint density at radius 1 is 1.29 bits per heavy atom. The molecule has 1 aromatic heterocycles. The Morgan fingerprint density at radius 2 is 2.10 bits per heavy atom. The zero-order chi connectivity index (χ0) is 15.0. The molecule has 7 heteroatoms. The van der Waals surface area contributed by atoms with Crippen molar-refractivity contribution in [2.75, 3.05) is 11.1 Å². The molecule has 0 aliphatic heterocycles. The summed E-state index contributed by atoms with van der Waals surface area (Å²) < 4.78 is 14.1. The van der Waals surface area contributed by atoms with E-state index in [1.54, 1.807) is 18.2 Å². The van der Waals surface area contributed by atoms with Crippen LogP contribution in [0.2, 0.25) is 5.02 Å². The van der Waals surface area contributed by atoms with Crippen LogP contribution in [0.4, 0.5) is 15.2 Å². The lowest BCUT2D eigenvalue weighted by atomic mass is 10.2. The molecule has 0 bridgehead atoms. The molecule has 106 valence electrons. The number of carbonyl (C=O) groups excluding carboxylic acids is 1. The van der Waals surface area contributed by atoms with E-state index in [0.717, 1.165) is 10.2 Å². The Hall–Kier alpha value is -2.18.